The van der Waals surface area contributed by atoms with Gasteiger partial charge in [0.25, 0.3) is 0 Å². The van der Waals surface area contributed by atoms with Gasteiger partial charge in [0, 0.05) is 5.92 Å². The van der Waals surface area contributed by atoms with Gasteiger partial charge in [-0.25, -0.2) is 0 Å². The van der Waals surface area contributed by atoms with Gasteiger partial charge in [0.15, 0.2) is 5.82 Å². The van der Waals surface area contributed by atoms with Crippen molar-refractivity contribution in [3.63, 3.8) is 0 Å². The summed E-state index contributed by atoms with van der Waals surface area (Å²) in [4.78, 5) is 16.0. The third-order valence-electron chi connectivity index (χ3n) is 5.11. The van der Waals surface area contributed by atoms with Crippen molar-refractivity contribution in [1.82, 2.24) is 10.1 Å². The second-order valence-electron chi connectivity index (χ2n) is 6.81. The topological polar surface area (TPSA) is 76.2 Å². The Morgan fingerprint density at radius 1 is 1.19 bits per heavy atom. The molecule has 3 unspecified atom stereocenters. The number of carboxylic acids is 1. The molecule has 0 radical (unpaired) electrons. The van der Waals surface area contributed by atoms with E-state index < -0.39 is 5.97 Å². The van der Waals surface area contributed by atoms with Crippen molar-refractivity contribution in [2.24, 2.45) is 11.8 Å². The lowest BCUT2D eigenvalue weighted by molar-refractivity contribution is -0.142. The average molecular weight is 292 g/mol. The molecule has 2 fully saturated rings. The molecule has 0 amide bonds. The van der Waals surface area contributed by atoms with Gasteiger partial charge in [-0.05, 0) is 31.6 Å². The number of carboxylic acid groups (broad SMARTS) is 1. The molecule has 1 N–H and O–H groups in total. The first-order valence-electron chi connectivity index (χ1n) is 8.21. The van der Waals surface area contributed by atoms with Crippen LogP contribution in [-0.4, -0.2) is 21.2 Å². The second-order valence-corrected chi connectivity index (χ2v) is 6.81. The van der Waals surface area contributed by atoms with E-state index in [9.17, 15) is 9.90 Å². The first-order chi connectivity index (χ1) is 10.1. The first kappa shape index (κ1) is 14.5. The van der Waals surface area contributed by atoms with Crippen LogP contribution in [-0.2, 0) is 4.79 Å². The van der Waals surface area contributed by atoms with Gasteiger partial charge in [-0.3, -0.25) is 4.79 Å². The molecule has 5 heteroatoms. The summed E-state index contributed by atoms with van der Waals surface area (Å²) in [6.45, 7) is 2.10. The zero-order valence-corrected chi connectivity index (χ0v) is 12.6. The smallest absolute Gasteiger partial charge is 0.307 e. The molecule has 1 aromatic heterocycles. The summed E-state index contributed by atoms with van der Waals surface area (Å²) >= 11 is 0. The van der Waals surface area contributed by atoms with E-state index in [1.54, 1.807) is 0 Å². The quantitative estimate of drug-likeness (QED) is 0.859. The van der Waals surface area contributed by atoms with E-state index in [0.29, 0.717) is 24.1 Å². The van der Waals surface area contributed by atoms with Crippen molar-refractivity contribution in [3.05, 3.63) is 11.7 Å². The van der Waals surface area contributed by atoms with Crippen molar-refractivity contribution in [2.75, 3.05) is 0 Å². The van der Waals surface area contributed by atoms with Crippen LogP contribution in [0.4, 0.5) is 0 Å². The van der Waals surface area contributed by atoms with Gasteiger partial charge in [-0.2, -0.15) is 4.98 Å². The van der Waals surface area contributed by atoms with E-state index >= 15 is 0 Å². The minimum Gasteiger partial charge on any atom is -0.481 e. The molecule has 1 aromatic rings. The van der Waals surface area contributed by atoms with E-state index in [2.05, 4.69) is 17.1 Å². The number of aromatic nitrogens is 2. The van der Waals surface area contributed by atoms with E-state index in [-0.39, 0.29) is 11.8 Å². The fourth-order valence-electron chi connectivity index (χ4n) is 3.94. The molecule has 2 aliphatic carbocycles. The van der Waals surface area contributed by atoms with Crippen LogP contribution in [0.1, 0.15) is 81.8 Å². The molecule has 3 atom stereocenters. The molecular formula is C16H24N2O3. The average Bonchev–Trinajstić information content (AvgIpc) is 2.98. The summed E-state index contributed by atoms with van der Waals surface area (Å²) in [6.07, 6.45) is 8.85. The molecule has 0 bridgehead atoms. The van der Waals surface area contributed by atoms with Gasteiger partial charge in [-0.15, -0.1) is 0 Å². The number of carbonyl (C=O) groups is 1. The summed E-state index contributed by atoms with van der Waals surface area (Å²) in [5, 5.41) is 13.5. The van der Waals surface area contributed by atoms with Crippen LogP contribution in [0.2, 0.25) is 0 Å². The molecule has 0 aliphatic heterocycles. The van der Waals surface area contributed by atoms with Crippen molar-refractivity contribution in [3.8, 4) is 0 Å². The van der Waals surface area contributed by atoms with Crippen LogP contribution < -0.4 is 0 Å². The molecule has 0 saturated heterocycles. The minimum atomic E-state index is -0.737. The largest absolute Gasteiger partial charge is 0.481 e. The SMILES string of the molecule is CC1CC(C(=O)O)C(c2nc(C3CCCCCC3)no2)C1. The summed E-state index contributed by atoms with van der Waals surface area (Å²) in [5.74, 6) is 0.934. The lowest BCUT2D eigenvalue weighted by Crippen LogP contribution is -2.17. The Morgan fingerprint density at radius 2 is 1.90 bits per heavy atom. The van der Waals surface area contributed by atoms with Crippen molar-refractivity contribution in [1.29, 1.82) is 0 Å². The zero-order valence-electron chi connectivity index (χ0n) is 12.6. The van der Waals surface area contributed by atoms with E-state index in [4.69, 9.17) is 4.52 Å². The Bertz CT molecular complexity index is 491. The molecule has 21 heavy (non-hydrogen) atoms. The van der Waals surface area contributed by atoms with E-state index in [1.165, 1.54) is 25.7 Å². The number of hydrogen-bond acceptors (Lipinski definition) is 4. The van der Waals surface area contributed by atoms with Gasteiger partial charge in [0.2, 0.25) is 5.89 Å². The van der Waals surface area contributed by atoms with Crippen molar-refractivity contribution < 1.29 is 14.4 Å². The van der Waals surface area contributed by atoms with Gasteiger partial charge >= 0.3 is 5.97 Å². The lowest BCUT2D eigenvalue weighted by atomic mass is 9.96. The van der Waals surface area contributed by atoms with E-state index in [0.717, 1.165) is 25.1 Å². The van der Waals surface area contributed by atoms with Crippen LogP contribution in [0, 0.1) is 11.8 Å². The summed E-state index contributed by atoms with van der Waals surface area (Å²) in [5.41, 5.74) is 0. The third kappa shape index (κ3) is 3.11. The Kier molecular flexibility index (Phi) is 4.27. The van der Waals surface area contributed by atoms with Crippen LogP contribution in [0.25, 0.3) is 0 Å². The molecule has 0 aromatic carbocycles. The molecule has 2 saturated carbocycles. The highest BCUT2D eigenvalue weighted by Gasteiger charge is 2.41. The Balaban J connectivity index is 1.76. The second kappa shape index (κ2) is 6.16. The monoisotopic (exact) mass is 292 g/mol. The fraction of sp³-hybridized carbons (Fsp3) is 0.812. The maximum atomic E-state index is 11.4. The number of nitrogens with zero attached hydrogens (tertiary/aromatic N) is 2. The summed E-state index contributed by atoms with van der Waals surface area (Å²) in [7, 11) is 0. The normalized spacial score (nSPS) is 31.2. The predicted molar refractivity (Wildman–Crippen MR) is 77.0 cm³/mol. The molecular weight excluding hydrogens is 268 g/mol. The molecule has 5 nitrogen and oxygen atoms in total. The highest BCUT2D eigenvalue weighted by atomic mass is 16.5. The van der Waals surface area contributed by atoms with Crippen LogP contribution in [0.5, 0.6) is 0 Å². The molecule has 3 rings (SSSR count). The van der Waals surface area contributed by atoms with Gasteiger partial charge < -0.3 is 9.63 Å². The van der Waals surface area contributed by atoms with Gasteiger partial charge in [0.1, 0.15) is 0 Å². The molecule has 1 heterocycles. The summed E-state index contributed by atoms with van der Waals surface area (Å²) < 4.78 is 5.45. The Hall–Kier alpha value is -1.39. The van der Waals surface area contributed by atoms with Crippen molar-refractivity contribution in [2.45, 2.75) is 70.1 Å². The van der Waals surface area contributed by atoms with Crippen LogP contribution in [0.3, 0.4) is 0 Å². The minimum absolute atomic E-state index is 0.107. The van der Waals surface area contributed by atoms with E-state index in [1.807, 2.05) is 0 Å². The first-order valence-corrected chi connectivity index (χ1v) is 8.21. The molecule has 2 aliphatic rings. The highest BCUT2D eigenvalue weighted by Crippen LogP contribution is 2.43. The maximum absolute atomic E-state index is 11.4. The number of aliphatic carboxylic acids is 1. The number of hydrogen-bond donors (Lipinski definition) is 1. The zero-order chi connectivity index (χ0) is 14.8. The Morgan fingerprint density at radius 3 is 2.57 bits per heavy atom. The molecule has 116 valence electrons. The number of rotatable bonds is 3. The Labute approximate surface area is 125 Å². The van der Waals surface area contributed by atoms with Gasteiger partial charge in [0.05, 0.1) is 11.8 Å². The maximum Gasteiger partial charge on any atom is 0.307 e. The molecule has 0 spiro atoms. The predicted octanol–water partition coefficient (Wildman–Crippen LogP) is 3.72. The fourth-order valence-corrected chi connectivity index (χ4v) is 3.94. The standard InChI is InChI=1S/C16H24N2O3/c1-10-8-12(13(9-10)16(19)20)15-17-14(18-21-15)11-6-4-2-3-5-7-11/h10-13H,2-9H2,1H3,(H,19,20). The van der Waals surface area contributed by atoms with Gasteiger partial charge in [-0.1, -0.05) is 37.8 Å². The van der Waals surface area contributed by atoms with Crippen molar-refractivity contribution >= 4 is 5.97 Å². The summed E-state index contributed by atoms with van der Waals surface area (Å²) in [6, 6.07) is 0. The van der Waals surface area contributed by atoms with Crippen LogP contribution in [0.15, 0.2) is 4.52 Å². The highest BCUT2D eigenvalue weighted by molar-refractivity contribution is 5.71. The van der Waals surface area contributed by atoms with Crippen LogP contribution >= 0.6 is 0 Å². The lowest BCUT2D eigenvalue weighted by Gasteiger charge is -2.10. The third-order valence-corrected chi connectivity index (χ3v) is 5.11.